The van der Waals surface area contributed by atoms with Crippen LogP contribution in [0, 0.1) is 5.92 Å². The van der Waals surface area contributed by atoms with Crippen molar-refractivity contribution >= 4 is 0 Å². The van der Waals surface area contributed by atoms with Crippen molar-refractivity contribution in [2.45, 2.75) is 19.8 Å². The van der Waals surface area contributed by atoms with Crippen LogP contribution in [0.5, 0.6) is 5.75 Å². The zero-order chi connectivity index (χ0) is 12.5. The lowest BCUT2D eigenvalue weighted by Gasteiger charge is -2.13. The molecule has 17 heavy (non-hydrogen) atoms. The zero-order valence-corrected chi connectivity index (χ0v) is 10.9. The van der Waals surface area contributed by atoms with Gasteiger partial charge >= 0.3 is 0 Å². The molecule has 3 N–H and O–H groups in total. The van der Waals surface area contributed by atoms with Crippen LogP contribution >= 0.6 is 0 Å². The van der Waals surface area contributed by atoms with E-state index in [1.807, 2.05) is 12.1 Å². The molecule has 0 saturated heterocycles. The van der Waals surface area contributed by atoms with E-state index in [2.05, 4.69) is 24.4 Å². The Morgan fingerprint density at radius 3 is 2.88 bits per heavy atom. The van der Waals surface area contributed by atoms with Crippen LogP contribution in [-0.4, -0.2) is 26.7 Å². The Labute approximate surface area is 104 Å². The molecule has 0 fully saturated rings. The highest BCUT2D eigenvalue weighted by Gasteiger charge is 2.02. The van der Waals surface area contributed by atoms with E-state index in [1.54, 1.807) is 7.11 Å². The molecule has 1 rings (SSSR count). The maximum absolute atomic E-state index is 5.66. The fourth-order valence-electron chi connectivity index (χ4n) is 1.76. The molecule has 0 aromatic heterocycles. The van der Waals surface area contributed by atoms with E-state index in [0.29, 0.717) is 5.92 Å². The van der Waals surface area contributed by atoms with Crippen LogP contribution in [0.2, 0.25) is 0 Å². The van der Waals surface area contributed by atoms with Gasteiger partial charge in [0.25, 0.3) is 0 Å². The van der Waals surface area contributed by atoms with Crippen LogP contribution in [0.3, 0.4) is 0 Å². The summed E-state index contributed by atoms with van der Waals surface area (Å²) < 4.78 is 5.20. The lowest BCUT2D eigenvalue weighted by atomic mass is 10.1. The Kier molecular flexibility index (Phi) is 6.67. The minimum atomic E-state index is 0.598. The predicted molar refractivity (Wildman–Crippen MR) is 72.4 cm³/mol. The molecule has 0 saturated carbocycles. The number of nitrogens with two attached hydrogens (primary N) is 1. The first-order chi connectivity index (χ1) is 8.30. The van der Waals surface area contributed by atoms with Crippen LogP contribution in [0.15, 0.2) is 24.3 Å². The molecular formula is C14H24N2O. The average molecular weight is 236 g/mol. The summed E-state index contributed by atoms with van der Waals surface area (Å²) in [6.45, 7) is 4.95. The van der Waals surface area contributed by atoms with E-state index < -0.39 is 0 Å². The molecule has 1 aromatic carbocycles. The van der Waals surface area contributed by atoms with Crippen LogP contribution in [-0.2, 0) is 6.42 Å². The Hall–Kier alpha value is -1.06. The number of methoxy groups -OCH3 is 1. The van der Waals surface area contributed by atoms with Crippen molar-refractivity contribution in [3.63, 3.8) is 0 Å². The van der Waals surface area contributed by atoms with Crippen molar-refractivity contribution in [3.8, 4) is 5.75 Å². The highest BCUT2D eigenvalue weighted by Crippen LogP contribution is 2.12. The second-order valence-electron chi connectivity index (χ2n) is 4.32. The number of hydrogen-bond acceptors (Lipinski definition) is 3. The molecule has 0 aliphatic carbocycles. The summed E-state index contributed by atoms with van der Waals surface area (Å²) in [6, 6.07) is 8.22. The van der Waals surface area contributed by atoms with Crippen LogP contribution in [0.1, 0.15) is 18.9 Å². The summed E-state index contributed by atoms with van der Waals surface area (Å²) in [5.74, 6) is 1.52. The van der Waals surface area contributed by atoms with Crippen molar-refractivity contribution in [2.75, 3.05) is 26.7 Å². The van der Waals surface area contributed by atoms with Gasteiger partial charge in [-0.15, -0.1) is 0 Å². The van der Waals surface area contributed by atoms with Gasteiger partial charge in [0.2, 0.25) is 0 Å². The molecule has 1 unspecified atom stereocenters. The summed E-state index contributed by atoms with van der Waals surface area (Å²) in [7, 11) is 1.70. The van der Waals surface area contributed by atoms with E-state index in [-0.39, 0.29) is 0 Å². The van der Waals surface area contributed by atoms with Gasteiger partial charge in [0.15, 0.2) is 0 Å². The van der Waals surface area contributed by atoms with Gasteiger partial charge < -0.3 is 15.8 Å². The summed E-state index contributed by atoms with van der Waals surface area (Å²) in [4.78, 5) is 0. The van der Waals surface area contributed by atoms with E-state index in [9.17, 15) is 0 Å². The molecule has 0 aliphatic heterocycles. The monoisotopic (exact) mass is 236 g/mol. The van der Waals surface area contributed by atoms with Gasteiger partial charge in [-0.1, -0.05) is 25.5 Å². The molecule has 0 heterocycles. The smallest absolute Gasteiger partial charge is 0.119 e. The first-order valence-electron chi connectivity index (χ1n) is 6.33. The minimum Gasteiger partial charge on any atom is -0.497 e. The third-order valence-electron chi connectivity index (χ3n) is 3.07. The Bertz CT molecular complexity index is 311. The van der Waals surface area contributed by atoms with Gasteiger partial charge in [0.05, 0.1) is 7.11 Å². The Morgan fingerprint density at radius 2 is 2.24 bits per heavy atom. The standard InChI is InChI=1S/C14H24N2O/c1-3-12(10-15)11-16-8-7-13-5-4-6-14(9-13)17-2/h4-6,9,12,16H,3,7-8,10-11,15H2,1-2H3. The topological polar surface area (TPSA) is 47.3 Å². The molecule has 3 nitrogen and oxygen atoms in total. The number of nitrogens with one attached hydrogen (secondary N) is 1. The van der Waals surface area contributed by atoms with Gasteiger partial charge in [0, 0.05) is 0 Å². The van der Waals surface area contributed by atoms with Gasteiger partial charge in [-0.05, 0) is 49.7 Å². The highest BCUT2D eigenvalue weighted by atomic mass is 16.5. The second kappa shape index (κ2) is 8.09. The molecule has 0 amide bonds. The summed E-state index contributed by atoms with van der Waals surface area (Å²) in [5.41, 5.74) is 6.96. The lowest BCUT2D eigenvalue weighted by Crippen LogP contribution is -2.29. The molecule has 96 valence electrons. The van der Waals surface area contributed by atoms with E-state index >= 15 is 0 Å². The van der Waals surface area contributed by atoms with Gasteiger partial charge in [-0.25, -0.2) is 0 Å². The molecule has 0 bridgehead atoms. The largest absolute Gasteiger partial charge is 0.497 e. The van der Waals surface area contributed by atoms with Gasteiger partial charge in [-0.3, -0.25) is 0 Å². The number of rotatable bonds is 8. The Balaban J connectivity index is 2.26. The number of hydrogen-bond donors (Lipinski definition) is 2. The normalized spacial score (nSPS) is 12.4. The molecule has 0 radical (unpaired) electrons. The van der Waals surface area contributed by atoms with Crippen molar-refractivity contribution in [2.24, 2.45) is 11.7 Å². The average Bonchev–Trinajstić information content (AvgIpc) is 2.39. The van der Waals surface area contributed by atoms with E-state index in [1.165, 1.54) is 5.56 Å². The van der Waals surface area contributed by atoms with Crippen molar-refractivity contribution < 1.29 is 4.74 Å². The van der Waals surface area contributed by atoms with Gasteiger partial charge in [-0.2, -0.15) is 0 Å². The van der Waals surface area contributed by atoms with Crippen LogP contribution in [0.25, 0.3) is 0 Å². The zero-order valence-electron chi connectivity index (χ0n) is 10.9. The molecule has 0 spiro atoms. The maximum Gasteiger partial charge on any atom is 0.119 e. The lowest BCUT2D eigenvalue weighted by molar-refractivity contribution is 0.414. The molecule has 1 aromatic rings. The fraction of sp³-hybridized carbons (Fsp3) is 0.571. The van der Waals surface area contributed by atoms with E-state index in [0.717, 1.165) is 38.2 Å². The predicted octanol–water partition coefficient (Wildman–Crippen LogP) is 1.81. The Morgan fingerprint density at radius 1 is 1.41 bits per heavy atom. The summed E-state index contributed by atoms with van der Waals surface area (Å²) in [5, 5.41) is 3.45. The maximum atomic E-state index is 5.66. The highest BCUT2D eigenvalue weighted by molar-refractivity contribution is 5.28. The molecule has 0 aliphatic rings. The number of benzene rings is 1. The van der Waals surface area contributed by atoms with Crippen LogP contribution in [0.4, 0.5) is 0 Å². The summed E-state index contributed by atoms with van der Waals surface area (Å²) >= 11 is 0. The van der Waals surface area contributed by atoms with Crippen molar-refractivity contribution in [1.82, 2.24) is 5.32 Å². The van der Waals surface area contributed by atoms with Crippen molar-refractivity contribution in [1.29, 1.82) is 0 Å². The van der Waals surface area contributed by atoms with Crippen LogP contribution < -0.4 is 15.8 Å². The molecular weight excluding hydrogens is 212 g/mol. The quantitative estimate of drug-likeness (QED) is 0.677. The van der Waals surface area contributed by atoms with E-state index in [4.69, 9.17) is 10.5 Å². The van der Waals surface area contributed by atoms with Gasteiger partial charge in [0.1, 0.15) is 5.75 Å². The molecule has 3 heteroatoms. The summed E-state index contributed by atoms with van der Waals surface area (Å²) in [6.07, 6.45) is 2.17. The third-order valence-corrected chi connectivity index (χ3v) is 3.07. The SMILES string of the molecule is CCC(CN)CNCCc1cccc(OC)c1. The molecule has 1 atom stereocenters. The number of ether oxygens (including phenoxy) is 1. The first-order valence-corrected chi connectivity index (χ1v) is 6.33. The fourth-order valence-corrected chi connectivity index (χ4v) is 1.76. The minimum absolute atomic E-state index is 0.598. The second-order valence-corrected chi connectivity index (χ2v) is 4.32. The van der Waals surface area contributed by atoms with Crippen molar-refractivity contribution in [3.05, 3.63) is 29.8 Å². The third kappa shape index (κ3) is 5.20. The first kappa shape index (κ1) is 14.0.